The van der Waals surface area contributed by atoms with E-state index in [9.17, 15) is 19.2 Å². The SMILES string of the molecule is COc1ccc(C(NC(=O)CN2C(=O)C=CCC2=O)C(=O)Cc2ccc([Si](C)(C)C)cc2)cc1. The van der Waals surface area contributed by atoms with Crippen LogP contribution >= 0.6 is 0 Å². The molecule has 0 radical (unpaired) electrons. The number of nitrogens with zero attached hydrogens (tertiary/aromatic N) is 1. The fraction of sp³-hybridized carbons (Fsp3) is 0.308. The Kier molecular flexibility index (Phi) is 7.83. The van der Waals surface area contributed by atoms with E-state index in [0.29, 0.717) is 11.3 Å². The van der Waals surface area contributed by atoms with E-state index >= 15 is 0 Å². The average molecular weight is 479 g/mol. The van der Waals surface area contributed by atoms with Crippen LogP contribution < -0.4 is 15.2 Å². The molecular formula is C26H30N2O5Si. The highest BCUT2D eigenvalue weighted by Gasteiger charge is 2.28. The lowest BCUT2D eigenvalue weighted by molar-refractivity contribution is -0.145. The molecule has 0 fully saturated rings. The summed E-state index contributed by atoms with van der Waals surface area (Å²) in [6.07, 6.45) is 2.93. The molecule has 2 aromatic carbocycles. The van der Waals surface area contributed by atoms with Gasteiger partial charge < -0.3 is 10.1 Å². The summed E-state index contributed by atoms with van der Waals surface area (Å²) in [6.45, 7) is 6.34. The Morgan fingerprint density at radius 1 is 1.03 bits per heavy atom. The number of hydrogen-bond acceptors (Lipinski definition) is 5. The highest BCUT2D eigenvalue weighted by atomic mass is 28.3. The Hall–Kier alpha value is -3.52. The van der Waals surface area contributed by atoms with Crippen LogP contribution in [0.2, 0.25) is 19.6 Å². The van der Waals surface area contributed by atoms with Gasteiger partial charge in [-0.25, -0.2) is 0 Å². The van der Waals surface area contributed by atoms with Gasteiger partial charge >= 0.3 is 0 Å². The zero-order chi connectivity index (χ0) is 24.9. The summed E-state index contributed by atoms with van der Waals surface area (Å²) in [7, 11) is 0.0936. The third kappa shape index (κ3) is 6.29. The predicted octanol–water partition coefficient (Wildman–Crippen LogP) is 2.52. The number of ketones is 1. The summed E-state index contributed by atoms with van der Waals surface area (Å²) in [4.78, 5) is 51.0. The Balaban J connectivity index is 1.79. The first kappa shape index (κ1) is 25.1. The number of Topliss-reactive ketones (excluding diaryl/α,β-unsaturated/α-hetero) is 1. The number of nitrogens with one attached hydrogen (secondary N) is 1. The average Bonchev–Trinajstić information content (AvgIpc) is 2.80. The summed E-state index contributed by atoms with van der Waals surface area (Å²) in [6, 6.07) is 14.0. The van der Waals surface area contributed by atoms with Crippen molar-refractivity contribution in [1.82, 2.24) is 10.2 Å². The predicted molar refractivity (Wildman–Crippen MR) is 132 cm³/mol. The van der Waals surface area contributed by atoms with Crippen molar-refractivity contribution < 1.29 is 23.9 Å². The number of methoxy groups -OCH3 is 1. The van der Waals surface area contributed by atoms with E-state index in [1.54, 1.807) is 31.4 Å². The van der Waals surface area contributed by atoms with Gasteiger partial charge in [-0.1, -0.05) is 67.3 Å². The van der Waals surface area contributed by atoms with Gasteiger partial charge in [0, 0.05) is 18.9 Å². The number of carbonyl (C=O) groups is 4. The molecule has 1 aliphatic rings. The number of ether oxygens (including phenoxy) is 1. The van der Waals surface area contributed by atoms with Crippen LogP contribution in [0.4, 0.5) is 0 Å². The zero-order valence-corrected chi connectivity index (χ0v) is 21.0. The van der Waals surface area contributed by atoms with Crippen molar-refractivity contribution in [3.8, 4) is 5.75 Å². The van der Waals surface area contributed by atoms with Crippen molar-refractivity contribution in [3.05, 3.63) is 71.8 Å². The summed E-state index contributed by atoms with van der Waals surface area (Å²) >= 11 is 0. The van der Waals surface area contributed by atoms with Crippen molar-refractivity contribution in [2.24, 2.45) is 0 Å². The maximum absolute atomic E-state index is 13.3. The first-order chi connectivity index (χ1) is 16.1. The molecular weight excluding hydrogens is 448 g/mol. The number of imide groups is 1. The number of benzene rings is 2. The van der Waals surface area contributed by atoms with Gasteiger partial charge in [0.25, 0.3) is 5.91 Å². The second kappa shape index (κ2) is 10.6. The second-order valence-corrected chi connectivity index (χ2v) is 14.4. The van der Waals surface area contributed by atoms with Crippen molar-refractivity contribution >= 4 is 36.8 Å². The summed E-state index contributed by atoms with van der Waals surface area (Å²) in [5, 5.41) is 4.02. The van der Waals surface area contributed by atoms with Crippen LogP contribution in [0, 0.1) is 0 Å². The Labute approximate surface area is 200 Å². The number of rotatable bonds is 9. The molecule has 1 aliphatic heterocycles. The molecule has 1 unspecified atom stereocenters. The molecule has 178 valence electrons. The standard InChI is InChI=1S/C26H30N2O5Si/c1-33-20-12-10-19(11-13-20)26(27-23(30)17-28-24(31)6-5-7-25(28)32)22(29)16-18-8-14-21(15-9-18)34(2,3)4/h5-6,8-15,26H,7,16-17H2,1-4H3,(H,27,30). The first-order valence-corrected chi connectivity index (χ1v) is 14.6. The lowest BCUT2D eigenvalue weighted by Gasteiger charge is -2.23. The van der Waals surface area contributed by atoms with Crippen molar-refractivity contribution in [3.63, 3.8) is 0 Å². The highest BCUT2D eigenvalue weighted by Crippen LogP contribution is 2.21. The van der Waals surface area contributed by atoms with Gasteiger partial charge in [0.1, 0.15) is 18.3 Å². The number of carbonyl (C=O) groups excluding carboxylic acids is 4. The molecule has 2 aromatic rings. The van der Waals surface area contributed by atoms with E-state index in [-0.39, 0.29) is 18.6 Å². The van der Waals surface area contributed by atoms with Crippen LogP contribution in [0.25, 0.3) is 0 Å². The van der Waals surface area contributed by atoms with E-state index in [0.717, 1.165) is 10.5 Å². The van der Waals surface area contributed by atoms with Gasteiger partial charge in [-0.3, -0.25) is 24.1 Å². The minimum atomic E-state index is -1.45. The Bertz CT molecular complexity index is 1100. The van der Waals surface area contributed by atoms with Crippen LogP contribution in [0.5, 0.6) is 5.75 Å². The second-order valence-electron chi connectivity index (χ2n) is 9.29. The van der Waals surface area contributed by atoms with Crippen molar-refractivity contribution in [2.75, 3.05) is 13.7 Å². The van der Waals surface area contributed by atoms with Gasteiger partial charge in [0.15, 0.2) is 5.78 Å². The summed E-state index contributed by atoms with van der Waals surface area (Å²) in [5.41, 5.74) is 1.44. The van der Waals surface area contributed by atoms with Crippen LogP contribution in [0.1, 0.15) is 23.6 Å². The van der Waals surface area contributed by atoms with Crippen molar-refractivity contribution in [1.29, 1.82) is 0 Å². The van der Waals surface area contributed by atoms with Gasteiger partial charge in [-0.15, -0.1) is 0 Å². The molecule has 0 aromatic heterocycles. The molecule has 0 aliphatic carbocycles. The fourth-order valence-corrected chi connectivity index (χ4v) is 4.84. The number of amides is 3. The lowest BCUT2D eigenvalue weighted by Crippen LogP contribution is -2.46. The Morgan fingerprint density at radius 3 is 2.24 bits per heavy atom. The molecule has 0 spiro atoms. The van der Waals surface area contributed by atoms with E-state index < -0.39 is 38.4 Å². The maximum atomic E-state index is 13.3. The number of hydrogen-bond donors (Lipinski definition) is 1. The molecule has 7 nitrogen and oxygen atoms in total. The van der Waals surface area contributed by atoms with E-state index in [2.05, 4.69) is 37.1 Å². The molecule has 3 amide bonds. The van der Waals surface area contributed by atoms with E-state index in [4.69, 9.17) is 4.74 Å². The minimum absolute atomic E-state index is 0.0628. The van der Waals surface area contributed by atoms with Gasteiger partial charge in [0.2, 0.25) is 11.8 Å². The molecule has 0 saturated carbocycles. The molecule has 3 rings (SSSR count). The largest absolute Gasteiger partial charge is 0.497 e. The monoisotopic (exact) mass is 478 g/mol. The Morgan fingerprint density at radius 2 is 1.68 bits per heavy atom. The van der Waals surface area contributed by atoms with Crippen LogP contribution in [0.15, 0.2) is 60.7 Å². The minimum Gasteiger partial charge on any atom is -0.497 e. The third-order valence-corrected chi connectivity index (χ3v) is 7.76. The fourth-order valence-electron chi connectivity index (χ4n) is 3.67. The quantitative estimate of drug-likeness (QED) is 0.442. The summed E-state index contributed by atoms with van der Waals surface area (Å²) in [5.74, 6) is -1.14. The maximum Gasteiger partial charge on any atom is 0.253 e. The molecule has 1 heterocycles. The van der Waals surface area contributed by atoms with Crippen molar-refractivity contribution in [2.45, 2.75) is 38.5 Å². The molecule has 0 saturated heterocycles. The van der Waals surface area contributed by atoms with Crippen LogP contribution in [0.3, 0.4) is 0 Å². The zero-order valence-electron chi connectivity index (χ0n) is 20.0. The van der Waals surface area contributed by atoms with Gasteiger partial charge in [0.05, 0.1) is 15.2 Å². The molecule has 8 heteroatoms. The molecule has 1 N–H and O–H groups in total. The molecule has 34 heavy (non-hydrogen) atoms. The van der Waals surface area contributed by atoms with E-state index in [1.165, 1.54) is 17.3 Å². The normalized spacial score (nSPS) is 14.6. The van der Waals surface area contributed by atoms with Crippen LogP contribution in [-0.2, 0) is 25.6 Å². The molecule has 1 atom stereocenters. The van der Waals surface area contributed by atoms with Gasteiger partial charge in [-0.2, -0.15) is 0 Å². The molecule has 0 bridgehead atoms. The third-order valence-electron chi connectivity index (χ3n) is 5.70. The lowest BCUT2D eigenvalue weighted by atomic mass is 9.97. The topological polar surface area (TPSA) is 92.8 Å². The smallest absolute Gasteiger partial charge is 0.253 e. The van der Waals surface area contributed by atoms with E-state index in [1.807, 2.05) is 12.1 Å². The van der Waals surface area contributed by atoms with Gasteiger partial charge in [-0.05, 0) is 23.3 Å². The summed E-state index contributed by atoms with van der Waals surface area (Å²) < 4.78 is 5.19. The van der Waals surface area contributed by atoms with Crippen LogP contribution in [-0.4, -0.2) is 50.1 Å². The highest BCUT2D eigenvalue weighted by molar-refractivity contribution is 6.88. The first-order valence-electron chi connectivity index (χ1n) is 11.1.